The highest BCUT2D eigenvalue weighted by Crippen LogP contribution is 2.33. The lowest BCUT2D eigenvalue weighted by molar-refractivity contribution is 0.140. The zero-order valence-electron chi connectivity index (χ0n) is 6.39. The Balaban J connectivity index is 1.86. The van der Waals surface area contributed by atoms with Crippen molar-refractivity contribution in [3.8, 4) is 0 Å². The van der Waals surface area contributed by atoms with Gasteiger partial charge in [-0.3, -0.25) is 0 Å². The van der Waals surface area contributed by atoms with Gasteiger partial charge in [0, 0.05) is 20.2 Å². The zero-order chi connectivity index (χ0) is 7.45. The van der Waals surface area contributed by atoms with E-state index in [4.69, 9.17) is 4.74 Å². The van der Waals surface area contributed by atoms with Crippen LogP contribution in [-0.2, 0) is 4.74 Å². The average molecular weight is 145 g/mol. The van der Waals surface area contributed by atoms with Crippen LogP contribution < -0.4 is 5.32 Å². The van der Waals surface area contributed by atoms with Gasteiger partial charge in [0.25, 0.3) is 0 Å². The smallest absolute Gasteiger partial charge is 0.0773 e. The van der Waals surface area contributed by atoms with E-state index in [2.05, 4.69) is 5.32 Å². The summed E-state index contributed by atoms with van der Waals surface area (Å²) in [6.45, 7) is 2.27. The van der Waals surface area contributed by atoms with E-state index in [0.717, 1.165) is 32.5 Å². The Morgan fingerprint density at radius 3 is 2.80 bits per heavy atom. The van der Waals surface area contributed by atoms with Gasteiger partial charge in [-0.05, 0) is 12.8 Å². The van der Waals surface area contributed by atoms with Gasteiger partial charge in [-0.2, -0.15) is 0 Å². The second-order valence-electron chi connectivity index (χ2n) is 2.89. The van der Waals surface area contributed by atoms with Gasteiger partial charge >= 0.3 is 0 Å². The van der Waals surface area contributed by atoms with E-state index in [0.29, 0.717) is 0 Å². The number of hydrogen-bond acceptors (Lipinski definition) is 3. The lowest BCUT2D eigenvalue weighted by atomic mass is 10.3. The quantitative estimate of drug-likeness (QED) is 0.524. The molecule has 3 heteroatoms. The summed E-state index contributed by atoms with van der Waals surface area (Å²) in [6.07, 6.45) is 1.90. The molecule has 1 rings (SSSR count). The van der Waals surface area contributed by atoms with Crippen LogP contribution in [0.2, 0.25) is 0 Å². The van der Waals surface area contributed by atoms with E-state index in [9.17, 15) is 5.11 Å². The second kappa shape index (κ2) is 3.32. The van der Waals surface area contributed by atoms with Crippen LogP contribution in [-0.4, -0.2) is 37.5 Å². The molecule has 0 saturated heterocycles. The maximum absolute atomic E-state index is 9.32. The van der Waals surface area contributed by atoms with Gasteiger partial charge < -0.3 is 15.2 Å². The molecule has 0 heterocycles. The maximum Gasteiger partial charge on any atom is 0.0773 e. The monoisotopic (exact) mass is 145 g/mol. The number of rotatable bonds is 5. The lowest BCUT2D eigenvalue weighted by Gasteiger charge is -2.07. The molecule has 1 saturated carbocycles. The molecule has 0 aromatic carbocycles. The highest BCUT2D eigenvalue weighted by molar-refractivity contribution is 4.94. The van der Waals surface area contributed by atoms with E-state index in [-0.39, 0.29) is 5.60 Å². The first-order valence-corrected chi connectivity index (χ1v) is 3.69. The molecule has 0 amide bonds. The molecule has 1 fully saturated rings. The number of aliphatic hydroxyl groups is 1. The minimum Gasteiger partial charge on any atom is -0.389 e. The first kappa shape index (κ1) is 7.98. The van der Waals surface area contributed by atoms with E-state index < -0.39 is 0 Å². The van der Waals surface area contributed by atoms with E-state index >= 15 is 0 Å². The van der Waals surface area contributed by atoms with Gasteiger partial charge in [-0.15, -0.1) is 0 Å². The van der Waals surface area contributed by atoms with Gasteiger partial charge in [0.15, 0.2) is 0 Å². The molecule has 0 aliphatic heterocycles. The van der Waals surface area contributed by atoms with Crippen molar-refractivity contribution in [2.24, 2.45) is 0 Å². The summed E-state index contributed by atoms with van der Waals surface area (Å²) in [6, 6.07) is 0. The first-order valence-electron chi connectivity index (χ1n) is 3.69. The van der Waals surface area contributed by atoms with Crippen LogP contribution >= 0.6 is 0 Å². The van der Waals surface area contributed by atoms with Gasteiger partial charge in [-0.1, -0.05) is 0 Å². The van der Waals surface area contributed by atoms with Gasteiger partial charge in [0.2, 0.25) is 0 Å². The van der Waals surface area contributed by atoms with Crippen LogP contribution in [0.25, 0.3) is 0 Å². The maximum atomic E-state index is 9.32. The molecule has 60 valence electrons. The highest BCUT2D eigenvalue weighted by atomic mass is 16.5. The van der Waals surface area contributed by atoms with Crippen molar-refractivity contribution < 1.29 is 9.84 Å². The molecule has 0 aromatic rings. The van der Waals surface area contributed by atoms with Crippen molar-refractivity contribution >= 4 is 0 Å². The Kier molecular flexibility index (Phi) is 2.65. The predicted molar refractivity (Wildman–Crippen MR) is 38.9 cm³/mol. The van der Waals surface area contributed by atoms with E-state index in [1.165, 1.54) is 0 Å². The molecule has 2 N–H and O–H groups in total. The van der Waals surface area contributed by atoms with Crippen molar-refractivity contribution in [2.75, 3.05) is 26.8 Å². The van der Waals surface area contributed by atoms with Crippen LogP contribution in [0.5, 0.6) is 0 Å². The normalized spacial score (nSPS) is 21.0. The highest BCUT2D eigenvalue weighted by Gasteiger charge is 2.39. The van der Waals surface area contributed by atoms with Crippen molar-refractivity contribution in [1.29, 1.82) is 0 Å². The van der Waals surface area contributed by atoms with Crippen molar-refractivity contribution in [3.63, 3.8) is 0 Å². The molecule has 0 radical (unpaired) electrons. The van der Waals surface area contributed by atoms with Crippen molar-refractivity contribution in [2.45, 2.75) is 18.4 Å². The van der Waals surface area contributed by atoms with Crippen LogP contribution in [0, 0.1) is 0 Å². The second-order valence-corrected chi connectivity index (χ2v) is 2.89. The average Bonchev–Trinajstić information content (AvgIpc) is 2.62. The molecule has 10 heavy (non-hydrogen) atoms. The molecule has 0 bridgehead atoms. The third-order valence-corrected chi connectivity index (χ3v) is 1.76. The Morgan fingerprint density at radius 2 is 2.30 bits per heavy atom. The first-order chi connectivity index (χ1) is 4.77. The van der Waals surface area contributed by atoms with Crippen molar-refractivity contribution in [1.82, 2.24) is 5.32 Å². The molecular weight excluding hydrogens is 130 g/mol. The van der Waals surface area contributed by atoms with Crippen LogP contribution in [0.1, 0.15) is 12.8 Å². The number of ether oxygens (including phenoxy) is 1. The topological polar surface area (TPSA) is 41.5 Å². The Morgan fingerprint density at radius 1 is 1.60 bits per heavy atom. The number of hydrogen-bond donors (Lipinski definition) is 2. The summed E-state index contributed by atoms with van der Waals surface area (Å²) in [5.74, 6) is 0. The Bertz CT molecular complexity index is 102. The molecule has 0 unspecified atom stereocenters. The van der Waals surface area contributed by atoms with E-state index in [1.54, 1.807) is 7.11 Å². The van der Waals surface area contributed by atoms with Gasteiger partial charge in [-0.25, -0.2) is 0 Å². The van der Waals surface area contributed by atoms with Crippen LogP contribution in [0.3, 0.4) is 0 Å². The standard InChI is InChI=1S/C7H15NO2/c1-10-5-4-8-6-7(9)2-3-7/h8-9H,2-6H2,1H3. The SMILES string of the molecule is COCCNCC1(O)CC1. The van der Waals surface area contributed by atoms with Gasteiger partial charge in [0.1, 0.15) is 0 Å². The Hall–Kier alpha value is -0.120. The molecular formula is C7H15NO2. The molecule has 1 aliphatic carbocycles. The summed E-state index contributed by atoms with van der Waals surface area (Å²) in [5, 5.41) is 12.4. The van der Waals surface area contributed by atoms with Gasteiger partial charge in [0.05, 0.1) is 12.2 Å². The number of nitrogens with one attached hydrogen (secondary N) is 1. The lowest BCUT2D eigenvalue weighted by Crippen LogP contribution is -2.30. The third-order valence-electron chi connectivity index (χ3n) is 1.76. The molecule has 0 aromatic heterocycles. The fourth-order valence-electron chi connectivity index (χ4n) is 0.816. The third kappa shape index (κ3) is 2.64. The minimum absolute atomic E-state index is 0.367. The summed E-state index contributed by atoms with van der Waals surface area (Å²) in [5.41, 5.74) is -0.367. The summed E-state index contributed by atoms with van der Waals surface area (Å²) >= 11 is 0. The zero-order valence-corrected chi connectivity index (χ0v) is 6.39. The molecule has 0 atom stereocenters. The summed E-state index contributed by atoms with van der Waals surface area (Å²) in [7, 11) is 1.67. The predicted octanol–water partition coefficient (Wildman–Crippen LogP) is -0.253. The van der Waals surface area contributed by atoms with Crippen molar-refractivity contribution in [3.05, 3.63) is 0 Å². The number of methoxy groups -OCH3 is 1. The van der Waals surface area contributed by atoms with E-state index in [1.807, 2.05) is 0 Å². The fourth-order valence-corrected chi connectivity index (χ4v) is 0.816. The summed E-state index contributed by atoms with van der Waals surface area (Å²) < 4.78 is 4.83. The molecule has 0 spiro atoms. The fraction of sp³-hybridized carbons (Fsp3) is 1.00. The van der Waals surface area contributed by atoms with Crippen LogP contribution in [0.15, 0.2) is 0 Å². The molecule has 1 aliphatic rings. The molecule has 3 nitrogen and oxygen atoms in total. The Labute approximate surface area is 61.4 Å². The summed E-state index contributed by atoms with van der Waals surface area (Å²) in [4.78, 5) is 0. The van der Waals surface area contributed by atoms with Crippen LogP contribution in [0.4, 0.5) is 0 Å². The largest absolute Gasteiger partial charge is 0.389 e. The minimum atomic E-state index is -0.367.